The molecule has 0 aliphatic carbocycles. The molecule has 0 aliphatic heterocycles. The number of unbranched alkanes of at least 4 members (excludes halogenated alkanes) is 1. The zero-order chi connectivity index (χ0) is 16.3. The second kappa shape index (κ2) is 6.73. The van der Waals surface area contributed by atoms with Gasteiger partial charge in [0.15, 0.2) is 0 Å². The Hall–Kier alpha value is -2.17. The fraction of sp³-hybridized carbons (Fsp3) is 0.471. The summed E-state index contributed by atoms with van der Waals surface area (Å²) in [6.45, 7) is 10.4. The summed E-state index contributed by atoms with van der Waals surface area (Å²) in [6, 6.07) is 0. The molecule has 2 rings (SSSR count). The van der Waals surface area contributed by atoms with E-state index >= 15 is 0 Å². The maximum Gasteiger partial charge on any atom is 0.345 e. The van der Waals surface area contributed by atoms with Gasteiger partial charge in [0.1, 0.15) is 6.20 Å². The molecule has 0 unspecified atom stereocenters. The second-order valence-corrected chi connectivity index (χ2v) is 5.65. The van der Waals surface area contributed by atoms with Crippen LogP contribution in [0, 0.1) is 27.7 Å². The molecular weight excluding hydrogens is 278 g/mol. The number of nitrogens with zero attached hydrogens (tertiary/aromatic N) is 2. The van der Waals surface area contributed by atoms with Crippen molar-refractivity contribution in [3.05, 3.63) is 39.6 Å². The monoisotopic (exact) mass is 301 g/mol. The predicted molar refractivity (Wildman–Crippen MR) is 85.3 cm³/mol. The van der Waals surface area contributed by atoms with Crippen LogP contribution < -0.4 is 4.74 Å². The average Bonchev–Trinajstić information content (AvgIpc) is 3.00. The van der Waals surface area contributed by atoms with Crippen LogP contribution in [0.25, 0.3) is 0 Å². The minimum atomic E-state index is -0.358. The van der Waals surface area contributed by atoms with Gasteiger partial charge in [-0.25, -0.2) is 4.79 Å². The Balaban J connectivity index is 2.49. The minimum Gasteiger partial charge on any atom is -0.400 e. The second-order valence-electron chi connectivity index (χ2n) is 5.65. The summed E-state index contributed by atoms with van der Waals surface area (Å²) in [6.07, 6.45) is 4.41. The summed E-state index contributed by atoms with van der Waals surface area (Å²) in [5, 5.41) is 9.89. The van der Waals surface area contributed by atoms with Crippen LogP contribution in [0.4, 0.5) is 0 Å². The van der Waals surface area contributed by atoms with Crippen LogP contribution in [0.2, 0.25) is 0 Å². The molecule has 0 amide bonds. The Morgan fingerprint density at radius 3 is 2.41 bits per heavy atom. The fourth-order valence-electron chi connectivity index (χ4n) is 2.72. The Morgan fingerprint density at radius 1 is 1.14 bits per heavy atom. The lowest BCUT2D eigenvalue weighted by molar-refractivity contribution is 0.0725. The number of carbonyl (C=O) groups is 1. The Kier molecular flexibility index (Phi) is 4.96. The van der Waals surface area contributed by atoms with Gasteiger partial charge in [-0.3, -0.25) is 0 Å². The highest BCUT2D eigenvalue weighted by Crippen LogP contribution is 2.28. The van der Waals surface area contributed by atoms with E-state index in [4.69, 9.17) is 4.74 Å². The number of benzene rings is 1. The molecule has 0 atom stereocenters. The fourth-order valence-corrected chi connectivity index (χ4v) is 2.72. The normalized spacial score (nSPS) is 10.8. The van der Waals surface area contributed by atoms with Crippen molar-refractivity contribution < 1.29 is 9.53 Å². The number of nitrogens with one attached hydrogen (secondary N) is 1. The Bertz CT molecular complexity index is 676. The highest BCUT2D eigenvalue weighted by Gasteiger charge is 2.22. The summed E-state index contributed by atoms with van der Waals surface area (Å²) in [5.74, 6) is -0.162. The first-order valence-electron chi connectivity index (χ1n) is 7.64. The smallest absolute Gasteiger partial charge is 0.345 e. The van der Waals surface area contributed by atoms with Gasteiger partial charge in [0.2, 0.25) is 0 Å². The molecule has 5 heteroatoms. The average molecular weight is 301 g/mol. The number of esters is 1. The van der Waals surface area contributed by atoms with Gasteiger partial charge in [0.25, 0.3) is 5.88 Å². The van der Waals surface area contributed by atoms with Gasteiger partial charge in [-0.15, -0.1) is 5.10 Å². The van der Waals surface area contributed by atoms with Crippen molar-refractivity contribution in [1.29, 1.82) is 0 Å². The highest BCUT2D eigenvalue weighted by atomic mass is 16.5. The van der Waals surface area contributed by atoms with Crippen molar-refractivity contribution >= 4 is 5.97 Å². The summed E-state index contributed by atoms with van der Waals surface area (Å²) >= 11 is 0. The van der Waals surface area contributed by atoms with E-state index in [0.29, 0.717) is 5.56 Å². The first kappa shape index (κ1) is 16.2. The lowest BCUT2D eigenvalue weighted by Crippen LogP contribution is -2.17. The first-order valence-corrected chi connectivity index (χ1v) is 7.64. The maximum atomic E-state index is 12.6. The van der Waals surface area contributed by atoms with Crippen LogP contribution in [-0.4, -0.2) is 21.4 Å². The zero-order valence-electron chi connectivity index (χ0n) is 13.9. The van der Waals surface area contributed by atoms with E-state index in [-0.39, 0.29) is 11.8 Å². The summed E-state index contributed by atoms with van der Waals surface area (Å²) in [7, 11) is 0. The third-order valence-corrected chi connectivity index (χ3v) is 4.39. The molecule has 1 N–H and O–H groups in total. The number of rotatable bonds is 5. The Morgan fingerprint density at radius 2 is 1.82 bits per heavy atom. The van der Waals surface area contributed by atoms with Crippen molar-refractivity contribution in [2.45, 2.75) is 53.9 Å². The van der Waals surface area contributed by atoms with Crippen LogP contribution in [0.1, 0.15) is 57.9 Å². The van der Waals surface area contributed by atoms with Crippen molar-refractivity contribution in [3.8, 4) is 5.88 Å². The van der Waals surface area contributed by atoms with Gasteiger partial charge < -0.3 is 4.74 Å². The van der Waals surface area contributed by atoms with E-state index < -0.39 is 0 Å². The number of aromatic nitrogens is 3. The predicted octanol–water partition coefficient (Wildman–Crippen LogP) is 3.60. The number of ether oxygens (including phenoxy) is 1. The van der Waals surface area contributed by atoms with E-state index in [1.165, 1.54) is 17.3 Å². The molecule has 5 nitrogen and oxygen atoms in total. The number of H-pyrrole nitrogens is 1. The largest absolute Gasteiger partial charge is 0.400 e. The number of aromatic amines is 1. The number of hydrogen-bond donors (Lipinski definition) is 1. The number of hydrogen-bond acceptors (Lipinski definition) is 4. The van der Waals surface area contributed by atoms with Crippen molar-refractivity contribution in [3.63, 3.8) is 0 Å². The molecule has 2 aromatic rings. The molecule has 1 aromatic heterocycles. The van der Waals surface area contributed by atoms with Gasteiger partial charge in [0, 0.05) is 0 Å². The highest BCUT2D eigenvalue weighted by molar-refractivity contribution is 5.95. The summed E-state index contributed by atoms with van der Waals surface area (Å²) in [4.78, 5) is 12.6. The van der Waals surface area contributed by atoms with Crippen LogP contribution in [0.15, 0.2) is 6.20 Å². The Labute approximate surface area is 131 Å². The topological polar surface area (TPSA) is 67.9 Å². The van der Waals surface area contributed by atoms with E-state index in [1.54, 1.807) is 0 Å². The first-order chi connectivity index (χ1) is 10.5. The molecule has 118 valence electrons. The van der Waals surface area contributed by atoms with Gasteiger partial charge in [-0.2, -0.15) is 10.3 Å². The molecule has 1 aromatic carbocycles. The number of carbonyl (C=O) groups excluding carboxylic acids is 1. The van der Waals surface area contributed by atoms with Crippen molar-refractivity contribution in [2.75, 3.05) is 0 Å². The van der Waals surface area contributed by atoms with E-state index in [2.05, 4.69) is 36.2 Å². The molecule has 1 heterocycles. The molecule has 0 fully saturated rings. The summed E-state index contributed by atoms with van der Waals surface area (Å²) < 4.78 is 5.35. The molecule has 0 saturated carbocycles. The SMILES string of the molecule is CCCCc1c(C)c(C)c(C)c(C)c1C(=O)Oc1cn[nH]n1. The van der Waals surface area contributed by atoms with E-state index in [1.807, 2.05) is 13.8 Å². The molecule has 0 aliphatic rings. The van der Waals surface area contributed by atoms with Crippen molar-refractivity contribution in [1.82, 2.24) is 15.4 Å². The van der Waals surface area contributed by atoms with Gasteiger partial charge in [0.05, 0.1) is 5.56 Å². The van der Waals surface area contributed by atoms with E-state index in [0.717, 1.165) is 36.0 Å². The quantitative estimate of drug-likeness (QED) is 0.857. The standard InChI is InChI=1S/C17H23N3O2/c1-6-7-8-14-12(4)10(2)11(3)13(5)16(14)17(21)22-15-9-18-20-19-15/h9H,6-8H2,1-5H3,(H,18,19,20). The minimum absolute atomic E-state index is 0.196. The molecule has 0 spiro atoms. The zero-order valence-corrected chi connectivity index (χ0v) is 13.9. The molecular formula is C17H23N3O2. The molecule has 22 heavy (non-hydrogen) atoms. The third kappa shape index (κ3) is 3.03. The van der Waals surface area contributed by atoms with Crippen LogP contribution in [-0.2, 0) is 6.42 Å². The van der Waals surface area contributed by atoms with E-state index in [9.17, 15) is 4.79 Å². The lowest BCUT2D eigenvalue weighted by atomic mass is 9.86. The molecule has 0 bridgehead atoms. The molecule has 0 saturated heterocycles. The van der Waals surface area contributed by atoms with Crippen LogP contribution >= 0.6 is 0 Å². The summed E-state index contributed by atoms with van der Waals surface area (Å²) in [5.41, 5.74) is 6.34. The van der Waals surface area contributed by atoms with Gasteiger partial charge in [-0.05, 0) is 68.4 Å². The van der Waals surface area contributed by atoms with Crippen LogP contribution in [0.5, 0.6) is 5.88 Å². The maximum absolute atomic E-state index is 12.6. The van der Waals surface area contributed by atoms with Crippen LogP contribution in [0.3, 0.4) is 0 Å². The third-order valence-electron chi connectivity index (χ3n) is 4.39. The lowest BCUT2D eigenvalue weighted by Gasteiger charge is -2.19. The van der Waals surface area contributed by atoms with Gasteiger partial charge in [-0.1, -0.05) is 13.3 Å². The van der Waals surface area contributed by atoms with Gasteiger partial charge >= 0.3 is 5.97 Å². The van der Waals surface area contributed by atoms with Crippen molar-refractivity contribution in [2.24, 2.45) is 0 Å². The molecule has 0 radical (unpaired) electrons.